The SMILES string of the molecule is CCNC(=NCc1c(CC)nn(C)c1CC)NCCC(C)C.I. The first-order valence-electron chi connectivity index (χ1n) is 8.59. The van der Waals surface area contributed by atoms with Gasteiger partial charge in [0.25, 0.3) is 0 Å². The van der Waals surface area contributed by atoms with Gasteiger partial charge in [-0.15, -0.1) is 24.0 Å². The summed E-state index contributed by atoms with van der Waals surface area (Å²) in [6.07, 6.45) is 3.10. The van der Waals surface area contributed by atoms with E-state index in [1.807, 2.05) is 11.7 Å². The number of nitrogens with zero attached hydrogens (tertiary/aromatic N) is 3. The molecule has 0 unspecified atom stereocenters. The van der Waals surface area contributed by atoms with Crippen LogP contribution in [0.1, 0.15) is 58.0 Å². The highest BCUT2D eigenvalue weighted by atomic mass is 127. The molecule has 0 atom stereocenters. The van der Waals surface area contributed by atoms with Crippen LogP contribution >= 0.6 is 24.0 Å². The molecule has 0 fully saturated rings. The van der Waals surface area contributed by atoms with Crippen molar-refractivity contribution in [2.45, 2.75) is 60.4 Å². The molecule has 0 spiro atoms. The molecule has 0 aromatic carbocycles. The summed E-state index contributed by atoms with van der Waals surface area (Å²) in [6.45, 7) is 13.4. The predicted octanol–water partition coefficient (Wildman–Crippen LogP) is 3.26. The maximum Gasteiger partial charge on any atom is 0.191 e. The molecular weight excluding hydrogens is 401 g/mol. The molecule has 1 rings (SSSR count). The lowest BCUT2D eigenvalue weighted by atomic mass is 10.1. The number of hydrogen-bond acceptors (Lipinski definition) is 2. The summed E-state index contributed by atoms with van der Waals surface area (Å²) in [7, 11) is 2.03. The van der Waals surface area contributed by atoms with Crippen LogP contribution in [0.5, 0.6) is 0 Å². The van der Waals surface area contributed by atoms with Crippen LogP contribution in [-0.2, 0) is 26.4 Å². The van der Waals surface area contributed by atoms with Gasteiger partial charge in [-0.3, -0.25) is 4.68 Å². The molecule has 134 valence electrons. The molecule has 0 aliphatic heterocycles. The number of aliphatic imine (C=N–C) groups is 1. The summed E-state index contributed by atoms with van der Waals surface area (Å²) in [5.74, 6) is 1.60. The van der Waals surface area contributed by atoms with Crippen LogP contribution in [0.25, 0.3) is 0 Å². The second-order valence-corrected chi connectivity index (χ2v) is 6.01. The second-order valence-electron chi connectivity index (χ2n) is 6.01. The molecular formula is C17H34IN5. The van der Waals surface area contributed by atoms with Crippen molar-refractivity contribution in [3.05, 3.63) is 17.0 Å². The Bertz CT molecular complexity index is 480. The standard InChI is InChI=1S/C17H33N5.HI/c1-7-15-14(16(8-2)22(6)21-15)12-20-17(18-9-3)19-11-10-13(4)5;/h13H,7-12H2,1-6H3,(H2,18,19,20);1H. The molecule has 1 heterocycles. The Hall–Kier alpha value is -0.790. The minimum Gasteiger partial charge on any atom is -0.357 e. The van der Waals surface area contributed by atoms with Crippen LogP contribution in [-0.4, -0.2) is 28.8 Å². The number of guanidine groups is 1. The summed E-state index contributed by atoms with van der Waals surface area (Å²) >= 11 is 0. The molecule has 0 aliphatic carbocycles. The summed E-state index contributed by atoms with van der Waals surface area (Å²) < 4.78 is 2.00. The predicted molar refractivity (Wildman–Crippen MR) is 110 cm³/mol. The van der Waals surface area contributed by atoms with Crippen molar-refractivity contribution in [3.8, 4) is 0 Å². The zero-order valence-corrected chi connectivity index (χ0v) is 17.9. The molecule has 0 saturated carbocycles. The van der Waals surface area contributed by atoms with E-state index in [1.165, 1.54) is 17.0 Å². The van der Waals surface area contributed by atoms with Gasteiger partial charge < -0.3 is 10.6 Å². The largest absolute Gasteiger partial charge is 0.357 e. The van der Waals surface area contributed by atoms with Gasteiger partial charge in [-0.1, -0.05) is 27.7 Å². The zero-order valence-electron chi connectivity index (χ0n) is 15.6. The fourth-order valence-electron chi connectivity index (χ4n) is 2.55. The van der Waals surface area contributed by atoms with Gasteiger partial charge in [0.2, 0.25) is 0 Å². The number of aromatic nitrogens is 2. The van der Waals surface area contributed by atoms with Crippen molar-refractivity contribution in [1.82, 2.24) is 20.4 Å². The maximum absolute atomic E-state index is 4.75. The summed E-state index contributed by atoms with van der Waals surface area (Å²) in [6, 6.07) is 0. The van der Waals surface area contributed by atoms with E-state index in [2.05, 4.69) is 50.4 Å². The molecule has 23 heavy (non-hydrogen) atoms. The van der Waals surface area contributed by atoms with Crippen LogP contribution < -0.4 is 10.6 Å². The van der Waals surface area contributed by atoms with Crippen molar-refractivity contribution in [2.75, 3.05) is 13.1 Å². The third-order valence-corrected chi connectivity index (χ3v) is 3.78. The fraction of sp³-hybridized carbons (Fsp3) is 0.765. The fourth-order valence-corrected chi connectivity index (χ4v) is 2.55. The molecule has 0 saturated heterocycles. The molecule has 1 aromatic rings. The Morgan fingerprint density at radius 2 is 1.87 bits per heavy atom. The molecule has 2 N–H and O–H groups in total. The second kappa shape index (κ2) is 11.7. The third kappa shape index (κ3) is 7.10. The molecule has 0 radical (unpaired) electrons. The minimum atomic E-state index is 0. The van der Waals surface area contributed by atoms with Crippen LogP contribution in [0.4, 0.5) is 0 Å². The smallest absolute Gasteiger partial charge is 0.191 e. The van der Waals surface area contributed by atoms with Gasteiger partial charge in [-0.2, -0.15) is 5.10 Å². The van der Waals surface area contributed by atoms with E-state index in [1.54, 1.807) is 0 Å². The summed E-state index contributed by atoms with van der Waals surface area (Å²) in [4.78, 5) is 4.75. The lowest BCUT2D eigenvalue weighted by Gasteiger charge is -2.12. The van der Waals surface area contributed by atoms with E-state index >= 15 is 0 Å². The Labute approximate surface area is 158 Å². The number of aryl methyl sites for hydroxylation is 2. The van der Waals surface area contributed by atoms with Gasteiger partial charge in [0, 0.05) is 31.4 Å². The number of halogens is 1. The Balaban J connectivity index is 0.00000484. The van der Waals surface area contributed by atoms with Crippen molar-refractivity contribution in [1.29, 1.82) is 0 Å². The highest BCUT2D eigenvalue weighted by molar-refractivity contribution is 14.0. The van der Waals surface area contributed by atoms with Crippen LogP contribution in [0.15, 0.2) is 4.99 Å². The van der Waals surface area contributed by atoms with E-state index in [-0.39, 0.29) is 24.0 Å². The van der Waals surface area contributed by atoms with E-state index in [9.17, 15) is 0 Å². The summed E-state index contributed by atoms with van der Waals surface area (Å²) in [5.41, 5.74) is 3.74. The van der Waals surface area contributed by atoms with Crippen molar-refractivity contribution < 1.29 is 0 Å². The van der Waals surface area contributed by atoms with Crippen LogP contribution in [0.3, 0.4) is 0 Å². The average molecular weight is 435 g/mol. The van der Waals surface area contributed by atoms with E-state index in [0.717, 1.165) is 38.3 Å². The lowest BCUT2D eigenvalue weighted by molar-refractivity contribution is 0.573. The summed E-state index contributed by atoms with van der Waals surface area (Å²) in [5, 5.41) is 11.4. The first-order chi connectivity index (χ1) is 10.5. The van der Waals surface area contributed by atoms with Gasteiger partial charge in [-0.25, -0.2) is 4.99 Å². The first-order valence-corrected chi connectivity index (χ1v) is 8.59. The van der Waals surface area contributed by atoms with Crippen molar-refractivity contribution in [3.63, 3.8) is 0 Å². The van der Waals surface area contributed by atoms with E-state index in [0.29, 0.717) is 12.5 Å². The van der Waals surface area contributed by atoms with E-state index in [4.69, 9.17) is 4.99 Å². The molecule has 6 heteroatoms. The Kier molecular flexibility index (Phi) is 11.3. The quantitative estimate of drug-likeness (QED) is 0.375. The molecule has 5 nitrogen and oxygen atoms in total. The van der Waals surface area contributed by atoms with Crippen molar-refractivity contribution >= 4 is 29.9 Å². The normalized spacial score (nSPS) is 11.5. The lowest BCUT2D eigenvalue weighted by Crippen LogP contribution is -2.38. The molecule has 0 amide bonds. The van der Waals surface area contributed by atoms with Crippen molar-refractivity contribution in [2.24, 2.45) is 18.0 Å². The van der Waals surface area contributed by atoms with E-state index < -0.39 is 0 Å². The monoisotopic (exact) mass is 435 g/mol. The molecule has 1 aromatic heterocycles. The van der Waals surface area contributed by atoms with Crippen LogP contribution in [0, 0.1) is 5.92 Å². The van der Waals surface area contributed by atoms with Gasteiger partial charge in [0.15, 0.2) is 5.96 Å². The highest BCUT2D eigenvalue weighted by Crippen LogP contribution is 2.16. The van der Waals surface area contributed by atoms with Gasteiger partial charge in [0.1, 0.15) is 0 Å². The average Bonchev–Trinajstić information content (AvgIpc) is 2.79. The zero-order chi connectivity index (χ0) is 16.5. The number of nitrogens with one attached hydrogen (secondary N) is 2. The topological polar surface area (TPSA) is 54.2 Å². The Morgan fingerprint density at radius 3 is 2.39 bits per heavy atom. The molecule has 0 bridgehead atoms. The third-order valence-electron chi connectivity index (χ3n) is 3.78. The van der Waals surface area contributed by atoms with Gasteiger partial charge in [0.05, 0.1) is 12.2 Å². The molecule has 0 aliphatic rings. The maximum atomic E-state index is 4.75. The Morgan fingerprint density at radius 1 is 1.17 bits per heavy atom. The van der Waals surface area contributed by atoms with Gasteiger partial charge in [-0.05, 0) is 32.1 Å². The van der Waals surface area contributed by atoms with Gasteiger partial charge >= 0.3 is 0 Å². The number of hydrogen-bond donors (Lipinski definition) is 2. The minimum absolute atomic E-state index is 0. The number of rotatable bonds is 8. The first kappa shape index (κ1) is 22.2. The highest BCUT2D eigenvalue weighted by Gasteiger charge is 2.13. The van der Waals surface area contributed by atoms with Crippen LogP contribution in [0.2, 0.25) is 0 Å².